The molecular formula is C28H33ClN4O. The van der Waals surface area contributed by atoms with Gasteiger partial charge < -0.3 is 9.80 Å². The van der Waals surface area contributed by atoms with Crippen molar-refractivity contribution in [3.63, 3.8) is 0 Å². The molecule has 34 heavy (non-hydrogen) atoms. The molecule has 0 aliphatic carbocycles. The zero-order valence-corrected chi connectivity index (χ0v) is 21.3. The Bertz CT molecular complexity index is 1150. The van der Waals surface area contributed by atoms with Gasteiger partial charge in [-0.15, -0.1) is 0 Å². The summed E-state index contributed by atoms with van der Waals surface area (Å²) in [6.45, 7) is 11.3. The van der Waals surface area contributed by atoms with Crippen molar-refractivity contribution in [3.05, 3.63) is 87.3 Å². The van der Waals surface area contributed by atoms with Gasteiger partial charge in [0.25, 0.3) is 5.91 Å². The first-order valence-corrected chi connectivity index (χ1v) is 12.5. The van der Waals surface area contributed by atoms with Crippen LogP contribution in [0, 0.1) is 13.8 Å². The second kappa shape index (κ2) is 10.6. The Morgan fingerprint density at radius 1 is 1.00 bits per heavy atom. The number of aryl methyl sites for hydroxylation is 2. The summed E-state index contributed by atoms with van der Waals surface area (Å²) in [4.78, 5) is 27.2. The summed E-state index contributed by atoms with van der Waals surface area (Å²) < 4.78 is 0. The molecule has 178 valence electrons. The molecule has 0 unspecified atom stereocenters. The highest BCUT2D eigenvalue weighted by Crippen LogP contribution is 2.28. The maximum Gasteiger partial charge on any atom is 0.255 e. The van der Waals surface area contributed by atoms with Gasteiger partial charge in [0, 0.05) is 49.8 Å². The number of carbonyl (C=O) groups excluding carboxylic acids is 1. The van der Waals surface area contributed by atoms with E-state index in [-0.39, 0.29) is 5.91 Å². The zero-order chi connectivity index (χ0) is 24.2. The number of hydrogen-bond acceptors (Lipinski definition) is 4. The van der Waals surface area contributed by atoms with Gasteiger partial charge in [0.15, 0.2) is 0 Å². The number of piperazine rings is 1. The fourth-order valence-electron chi connectivity index (χ4n) is 4.31. The number of rotatable bonds is 6. The van der Waals surface area contributed by atoms with Crippen LogP contribution in [0.5, 0.6) is 0 Å². The number of aromatic nitrogens is 2. The summed E-state index contributed by atoms with van der Waals surface area (Å²) in [5.41, 5.74) is 5.28. The van der Waals surface area contributed by atoms with Crippen LogP contribution in [0.2, 0.25) is 5.02 Å². The monoisotopic (exact) mass is 476 g/mol. The molecule has 4 rings (SSSR count). The molecule has 1 amide bonds. The molecule has 0 radical (unpaired) electrons. The minimum atomic E-state index is -0.00992. The smallest absolute Gasteiger partial charge is 0.255 e. The van der Waals surface area contributed by atoms with Crippen LogP contribution in [0.25, 0.3) is 0 Å². The van der Waals surface area contributed by atoms with Crippen molar-refractivity contribution >= 4 is 23.3 Å². The Morgan fingerprint density at radius 2 is 1.68 bits per heavy atom. The molecule has 1 fully saturated rings. The predicted molar refractivity (Wildman–Crippen MR) is 139 cm³/mol. The molecule has 2 heterocycles. The minimum absolute atomic E-state index is 0.00992. The van der Waals surface area contributed by atoms with Gasteiger partial charge in [-0.3, -0.25) is 4.79 Å². The van der Waals surface area contributed by atoms with E-state index in [0.29, 0.717) is 29.6 Å². The fraction of sp³-hybridized carbons (Fsp3) is 0.393. The van der Waals surface area contributed by atoms with E-state index >= 15 is 0 Å². The van der Waals surface area contributed by atoms with Crippen LogP contribution in [0.1, 0.15) is 64.8 Å². The van der Waals surface area contributed by atoms with E-state index in [1.54, 1.807) is 12.1 Å². The average molecular weight is 477 g/mol. The highest BCUT2D eigenvalue weighted by atomic mass is 35.5. The Balaban J connectivity index is 1.59. The number of hydrogen-bond donors (Lipinski definition) is 0. The lowest BCUT2D eigenvalue weighted by Crippen LogP contribution is -2.49. The Hall–Kier alpha value is -2.92. The van der Waals surface area contributed by atoms with Crippen molar-refractivity contribution in [1.29, 1.82) is 0 Å². The van der Waals surface area contributed by atoms with Crippen molar-refractivity contribution in [2.75, 3.05) is 31.1 Å². The first-order valence-electron chi connectivity index (χ1n) is 12.1. The topological polar surface area (TPSA) is 49.3 Å². The van der Waals surface area contributed by atoms with Crippen LogP contribution in [-0.4, -0.2) is 47.0 Å². The maximum atomic E-state index is 13.0. The third kappa shape index (κ3) is 5.25. The van der Waals surface area contributed by atoms with E-state index in [1.807, 2.05) is 17.0 Å². The summed E-state index contributed by atoms with van der Waals surface area (Å²) in [5.74, 6) is 2.20. The van der Waals surface area contributed by atoms with Crippen LogP contribution >= 0.6 is 11.6 Å². The average Bonchev–Trinajstić information content (AvgIpc) is 2.86. The van der Waals surface area contributed by atoms with Gasteiger partial charge in [-0.25, -0.2) is 9.97 Å². The van der Waals surface area contributed by atoms with Gasteiger partial charge in [0.05, 0.1) is 10.6 Å². The van der Waals surface area contributed by atoms with Gasteiger partial charge in [-0.2, -0.15) is 0 Å². The number of halogens is 1. The van der Waals surface area contributed by atoms with E-state index in [2.05, 4.69) is 56.9 Å². The maximum absolute atomic E-state index is 13.0. The van der Waals surface area contributed by atoms with E-state index in [0.717, 1.165) is 43.3 Å². The van der Waals surface area contributed by atoms with Crippen LogP contribution < -0.4 is 4.90 Å². The summed E-state index contributed by atoms with van der Waals surface area (Å²) in [5, 5.41) is 0.500. The molecule has 1 atom stereocenters. The summed E-state index contributed by atoms with van der Waals surface area (Å²) >= 11 is 6.27. The Kier molecular flexibility index (Phi) is 7.52. The third-order valence-electron chi connectivity index (χ3n) is 6.73. The molecule has 1 aromatic heterocycles. The molecule has 1 aliphatic rings. The molecule has 6 heteroatoms. The quantitative estimate of drug-likeness (QED) is 0.450. The van der Waals surface area contributed by atoms with Crippen molar-refractivity contribution < 1.29 is 4.79 Å². The number of amides is 1. The summed E-state index contributed by atoms with van der Waals surface area (Å²) in [6.07, 6.45) is 1.79. The number of benzene rings is 2. The molecule has 2 aromatic carbocycles. The normalized spacial score (nSPS) is 14.9. The van der Waals surface area contributed by atoms with Gasteiger partial charge >= 0.3 is 0 Å². The molecule has 5 nitrogen and oxygen atoms in total. The highest BCUT2D eigenvalue weighted by Gasteiger charge is 2.27. The lowest BCUT2D eigenvalue weighted by molar-refractivity contribution is 0.0746. The van der Waals surface area contributed by atoms with Crippen LogP contribution in [-0.2, 0) is 6.42 Å². The molecule has 1 saturated heterocycles. The highest BCUT2D eigenvalue weighted by molar-refractivity contribution is 6.33. The second-order valence-electron chi connectivity index (χ2n) is 9.20. The molecule has 1 aliphatic heterocycles. The lowest BCUT2D eigenvalue weighted by atomic mass is 10.0. The largest absolute Gasteiger partial charge is 0.353 e. The van der Waals surface area contributed by atoms with Crippen molar-refractivity contribution in [1.82, 2.24) is 14.9 Å². The van der Waals surface area contributed by atoms with Crippen LogP contribution in [0.3, 0.4) is 0 Å². The van der Waals surface area contributed by atoms with Gasteiger partial charge in [0.2, 0.25) is 0 Å². The fourth-order valence-corrected chi connectivity index (χ4v) is 4.53. The third-order valence-corrected chi connectivity index (χ3v) is 7.06. The Labute approximate surface area is 207 Å². The van der Waals surface area contributed by atoms with Gasteiger partial charge in [-0.1, -0.05) is 67.4 Å². The standard InChI is InChI=1S/C28H33ClN4O/c1-5-20(3)26-30-21(4)24(18-22-12-10-19(2)11-13-22)27(31-26)32-14-16-33(17-15-32)28(34)23-8-6-7-9-25(23)29/h6-13,20H,5,14-18H2,1-4H3/t20-/m0/s1. The van der Waals surface area contributed by atoms with Crippen molar-refractivity contribution in [2.45, 2.75) is 46.5 Å². The van der Waals surface area contributed by atoms with E-state index in [9.17, 15) is 4.79 Å². The molecule has 0 N–H and O–H groups in total. The van der Waals surface area contributed by atoms with E-state index in [1.165, 1.54) is 16.7 Å². The van der Waals surface area contributed by atoms with Crippen LogP contribution in [0.15, 0.2) is 48.5 Å². The minimum Gasteiger partial charge on any atom is -0.353 e. The SMILES string of the molecule is CC[C@H](C)c1nc(C)c(Cc2ccc(C)cc2)c(N2CCN(C(=O)c3ccccc3Cl)CC2)n1. The van der Waals surface area contributed by atoms with E-state index in [4.69, 9.17) is 21.6 Å². The van der Waals surface area contributed by atoms with Gasteiger partial charge in [-0.05, 0) is 38.0 Å². The van der Waals surface area contributed by atoms with Crippen LogP contribution in [0.4, 0.5) is 5.82 Å². The zero-order valence-electron chi connectivity index (χ0n) is 20.5. The van der Waals surface area contributed by atoms with Crippen molar-refractivity contribution in [2.24, 2.45) is 0 Å². The number of nitrogens with zero attached hydrogens (tertiary/aromatic N) is 4. The first-order chi connectivity index (χ1) is 16.4. The lowest BCUT2D eigenvalue weighted by Gasteiger charge is -2.37. The molecule has 0 spiro atoms. The predicted octanol–water partition coefficient (Wildman–Crippen LogP) is 5.81. The molecular weight excluding hydrogens is 444 g/mol. The second-order valence-corrected chi connectivity index (χ2v) is 9.61. The molecule has 0 bridgehead atoms. The summed E-state index contributed by atoms with van der Waals surface area (Å²) in [7, 11) is 0. The Morgan fingerprint density at radius 3 is 2.32 bits per heavy atom. The van der Waals surface area contributed by atoms with Crippen molar-refractivity contribution in [3.8, 4) is 0 Å². The molecule has 0 saturated carbocycles. The first kappa shape index (κ1) is 24.2. The number of anilines is 1. The summed E-state index contributed by atoms with van der Waals surface area (Å²) in [6, 6.07) is 15.9. The number of carbonyl (C=O) groups is 1. The van der Waals surface area contributed by atoms with E-state index < -0.39 is 0 Å². The molecule has 3 aromatic rings. The van der Waals surface area contributed by atoms with Gasteiger partial charge in [0.1, 0.15) is 11.6 Å².